The first-order valence-electron chi connectivity index (χ1n) is 47.9. The number of thioether (sulfide) groups is 2. The van der Waals surface area contributed by atoms with Gasteiger partial charge in [-0.2, -0.15) is 0 Å². The van der Waals surface area contributed by atoms with Gasteiger partial charge in [0.15, 0.2) is 0 Å². The average Bonchev–Trinajstić information content (AvgIpc) is 1.64. The molecule has 0 spiro atoms. The molecule has 11 rings (SSSR count). The van der Waals surface area contributed by atoms with E-state index in [0.717, 1.165) is 33.3 Å². The fraction of sp³-hybridized carbons (Fsp3) is 0.609. The standard InChI is InChI=1S/C92H128N20O25S6/c1-11-43(3)29-61-81(127)93-37-45(5)77(123)107-75(49(9)113)87(133)103-65-41-138-89-57(35-63(83(129)101-61)99-79(125)47(7)95-85(131)67-33-53(115)39-110(67)91(65)135)55-31-51(13-15-59(55)105-89)97-69(117)21-25-140-142-27-23-109(71(119)19-20-74(122)137-112-72(120)17-18-73(112)121)24-28-143-141-26-22-70(118)98-52-14-16-60-56(32-52)58-36-64-84(130)102-62(30-44(4)12-2)82(128)94-38-46(6)78(124)108-76(50(10)114)88(134)104-66(42-139-90(58)106-60)92(136)111-40-54(116)34-68(111)86(132)96-48(8)80(126)100-64/h13-16,31-32,43-50,53-54,61-68,75-76,105-106,113-116H,11-12,17-30,33-42H2,1-10H3,(H,93,127)(H,94,128)(H,95,131)(H,96,132)(H,97,117)(H,98,118)(H,99,125)(H,100,126)(H,101,129)(H,102,130)(H,103,133)(H,104,134)(H,107,123)(H,108,124)/t43?,44?,45-,46-,47+,48+,49?,50?,53-,54-,61+,62+,63+,64+,65-,66-,67+,68+,75-,76-/m1/s1. The summed E-state index contributed by atoms with van der Waals surface area (Å²) in [6.07, 6.45) is -6.49. The Balaban J connectivity index is 0.770. The van der Waals surface area contributed by atoms with Crippen molar-refractivity contribution >= 4 is 218 Å². The zero-order chi connectivity index (χ0) is 104. The second kappa shape index (κ2) is 52.2. The van der Waals surface area contributed by atoms with E-state index in [9.17, 15) is 107 Å². The molecule has 2 aromatic heterocycles. The van der Waals surface area contributed by atoms with E-state index in [4.69, 9.17) is 4.84 Å². The Morgan fingerprint density at radius 3 is 1.25 bits per heavy atom. The second-order valence-electron chi connectivity index (χ2n) is 37.1. The van der Waals surface area contributed by atoms with Crippen molar-refractivity contribution in [2.75, 3.05) is 84.4 Å². The van der Waals surface area contributed by atoms with Crippen molar-refractivity contribution in [2.45, 2.75) is 266 Å². The summed E-state index contributed by atoms with van der Waals surface area (Å²) < 4.78 is 0. The predicted molar refractivity (Wildman–Crippen MR) is 534 cm³/mol. The lowest BCUT2D eigenvalue weighted by atomic mass is 9.97. The van der Waals surface area contributed by atoms with Crippen molar-refractivity contribution in [3.63, 3.8) is 0 Å². The Morgan fingerprint density at radius 1 is 0.469 bits per heavy atom. The molecule has 19 amide bonds. The molecule has 9 heterocycles. The molecule has 7 aliphatic rings. The van der Waals surface area contributed by atoms with Crippen molar-refractivity contribution in [3.8, 4) is 0 Å². The first-order chi connectivity index (χ1) is 67.9. The van der Waals surface area contributed by atoms with Gasteiger partial charge in [0.2, 0.25) is 100 Å². The minimum atomic E-state index is -1.66. The molecule has 2 aromatic carbocycles. The molecule has 45 nitrogen and oxygen atoms in total. The Morgan fingerprint density at radius 2 is 0.860 bits per heavy atom. The van der Waals surface area contributed by atoms with Crippen LogP contribution in [-0.2, 0) is 114 Å². The molecular formula is C92H128N20O25S6. The number of imide groups is 1. The molecular weight excluding hydrogens is 1980 g/mol. The van der Waals surface area contributed by atoms with Crippen LogP contribution in [0.5, 0.6) is 0 Å². The molecule has 143 heavy (non-hydrogen) atoms. The summed E-state index contributed by atoms with van der Waals surface area (Å²) in [5.74, 6) is -17.0. The number of amides is 19. The normalized spacial score (nSPS) is 26.7. The topological polar surface area (TPSA) is 645 Å². The summed E-state index contributed by atoms with van der Waals surface area (Å²) in [5.41, 5.74) is 2.20. The number of hydrogen-bond donors (Lipinski definition) is 20. The number of aromatic nitrogens is 2. The van der Waals surface area contributed by atoms with Crippen molar-refractivity contribution in [1.82, 2.24) is 93.5 Å². The number of rotatable bonds is 28. The predicted octanol–water partition coefficient (Wildman–Crippen LogP) is -0.741. The maximum absolute atomic E-state index is 15.0. The van der Waals surface area contributed by atoms with E-state index < -0.39 is 233 Å². The van der Waals surface area contributed by atoms with Gasteiger partial charge >= 0.3 is 5.97 Å². The smallest absolute Gasteiger partial charge is 0.333 e. The van der Waals surface area contributed by atoms with Gasteiger partial charge in [-0.05, 0) is 99.9 Å². The van der Waals surface area contributed by atoms with E-state index in [0.29, 0.717) is 72.4 Å². The SMILES string of the molecule is CCC(C)C[C@@H]1NC(=O)[C@@H]2Cc3c([nH]c4ccc(NC(=O)CCSSCCN(CCSSCCC(=O)Nc5ccc6[nH]c7c(c6c5)C[C@@H]5NC(=O)[C@H](C)NC(=O)[C@@H]6C[C@@H](O)CN6C(=O)[C@@H](CS7)NC(=O)[C@@H](C(C)O)NC(=O)[C@H](C)CNC(=O)[C@H](CC(C)CC)NC5=O)C(=O)CCC(=O)ON5C(=O)CCC5=O)cc34)SC[C@@H](NC(=O)[C@@H](C(C)O)NC(=O)[C@H](C)CNC1=O)C(=O)N1C[C@H](O)C[C@H]1C(=O)N[C@@H](C)C(=O)N2. The number of aliphatic hydroxyl groups excluding tert-OH is 4. The summed E-state index contributed by atoms with van der Waals surface area (Å²) >= 11 is 2.00. The van der Waals surface area contributed by atoms with E-state index in [2.05, 4.69) is 84.4 Å². The van der Waals surface area contributed by atoms with Crippen LogP contribution in [-0.4, -0.2) is 339 Å². The van der Waals surface area contributed by atoms with Gasteiger partial charge in [-0.1, -0.05) is 97.6 Å². The Bertz CT molecular complexity index is 5130. The third-order valence-corrected chi connectivity index (χ3v) is 32.8. The van der Waals surface area contributed by atoms with Gasteiger partial charge in [-0.15, -0.1) is 28.6 Å². The molecule has 782 valence electrons. The number of nitrogens with zero attached hydrogens (tertiary/aromatic N) is 4. The number of anilines is 2. The zero-order valence-electron chi connectivity index (χ0n) is 81.0. The van der Waals surface area contributed by atoms with Gasteiger partial charge in [0.05, 0.1) is 52.7 Å². The summed E-state index contributed by atoms with van der Waals surface area (Å²) in [4.78, 5) is 297. The number of aliphatic hydroxyl groups is 4. The highest BCUT2D eigenvalue weighted by Crippen LogP contribution is 2.38. The Kier molecular flexibility index (Phi) is 41.0. The fourth-order valence-corrected chi connectivity index (χ4v) is 23.1. The number of fused-ring (bicyclic) bond motifs is 10. The lowest BCUT2D eigenvalue weighted by Crippen LogP contribution is -2.61. The van der Waals surface area contributed by atoms with Crippen molar-refractivity contribution in [3.05, 3.63) is 47.5 Å². The third-order valence-electron chi connectivity index (χ3n) is 25.7. The minimum absolute atomic E-state index is 0.0409. The minimum Gasteiger partial charge on any atom is -0.391 e. The molecule has 4 aromatic rings. The maximum atomic E-state index is 15.0. The summed E-state index contributed by atoms with van der Waals surface area (Å²) in [5, 5.41) is 84.0. The third kappa shape index (κ3) is 30.6. The molecule has 3 fully saturated rings. The number of hydroxylamine groups is 2. The van der Waals surface area contributed by atoms with E-state index >= 15 is 9.59 Å². The highest BCUT2D eigenvalue weighted by molar-refractivity contribution is 8.77. The monoisotopic (exact) mass is 2100 g/mol. The highest BCUT2D eigenvalue weighted by atomic mass is 33.1. The summed E-state index contributed by atoms with van der Waals surface area (Å²) in [7, 11) is 5.34. The first-order valence-corrected chi connectivity index (χ1v) is 54.8. The molecule has 0 aliphatic carbocycles. The molecule has 51 heteroatoms. The van der Waals surface area contributed by atoms with E-state index in [1.54, 1.807) is 36.4 Å². The largest absolute Gasteiger partial charge is 0.391 e. The van der Waals surface area contributed by atoms with Crippen LogP contribution in [0.1, 0.15) is 157 Å². The summed E-state index contributed by atoms with van der Waals surface area (Å²) in [6, 6.07) is -7.50. The molecule has 4 bridgehead atoms. The van der Waals surface area contributed by atoms with E-state index in [-0.39, 0.29) is 156 Å². The van der Waals surface area contributed by atoms with Crippen molar-refractivity contribution in [1.29, 1.82) is 0 Å². The van der Waals surface area contributed by atoms with Crippen LogP contribution in [0, 0.1) is 23.7 Å². The van der Waals surface area contributed by atoms with Crippen LogP contribution in [0.2, 0.25) is 0 Å². The average molecular weight is 2110 g/mol. The first kappa shape index (κ1) is 112. The van der Waals surface area contributed by atoms with Gasteiger partial charge in [0.1, 0.15) is 72.5 Å². The highest BCUT2D eigenvalue weighted by Gasteiger charge is 2.48. The van der Waals surface area contributed by atoms with E-state index in [1.807, 2.05) is 27.7 Å². The number of hydrogen-bond acceptors (Lipinski definition) is 31. The molecule has 20 N–H and O–H groups in total. The molecule has 0 saturated carbocycles. The molecule has 0 radical (unpaired) electrons. The second-order valence-corrected chi connectivity index (χ2v) is 44.6. The number of aromatic amines is 2. The molecule has 4 unspecified atom stereocenters. The van der Waals surface area contributed by atoms with Crippen LogP contribution < -0.4 is 74.4 Å². The van der Waals surface area contributed by atoms with Gasteiger partial charge in [-0.3, -0.25) is 91.1 Å². The summed E-state index contributed by atoms with van der Waals surface area (Å²) in [6.45, 7) is 14.7. The zero-order valence-corrected chi connectivity index (χ0v) is 85.9. The Hall–Kier alpha value is -10.9. The molecule has 7 aliphatic heterocycles. The van der Waals surface area contributed by atoms with Crippen LogP contribution in [0.3, 0.4) is 0 Å². The van der Waals surface area contributed by atoms with Gasteiger partial charge in [0.25, 0.3) is 11.8 Å². The maximum Gasteiger partial charge on any atom is 0.333 e. The van der Waals surface area contributed by atoms with Crippen molar-refractivity contribution < 1.29 is 121 Å². The van der Waals surface area contributed by atoms with Crippen LogP contribution >= 0.6 is 66.7 Å². The van der Waals surface area contributed by atoms with Crippen LogP contribution in [0.15, 0.2) is 46.5 Å². The molecule has 3 saturated heterocycles. The number of H-pyrrole nitrogens is 2. The number of carbonyl (C=O) groups excluding carboxylic acids is 20. The van der Waals surface area contributed by atoms with Gasteiger partial charge < -0.3 is 124 Å². The van der Waals surface area contributed by atoms with Crippen LogP contribution in [0.25, 0.3) is 21.8 Å². The Labute approximate surface area is 849 Å². The van der Waals surface area contributed by atoms with Gasteiger partial charge in [-0.25, -0.2) is 4.79 Å². The lowest BCUT2D eigenvalue weighted by Gasteiger charge is -2.30. The van der Waals surface area contributed by atoms with Crippen LogP contribution in [0.4, 0.5) is 11.4 Å². The number of benzene rings is 2. The van der Waals surface area contributed by atoms with E-state index in [1.165, 1.54) is 89.6 Å². The van der Waals surface area contributed by atoms with Gasteiger partial charge in [0, 0.05) is 165 Å². The number of carbonyl (C=O) groups is 20. The molecule has 20 atom stereocenters. The fourth-order valence-electron chi connectivity index (χ4n) is 16.9. The quantitative estimate of drug-likeness (QED) is 0.0189. The van der Waals surface area contributed by atoms with Crippen molar-refractivity contribution in [2.24, 2.45) is 23.7 Å². The lowest BCUT2D eigenvalue weighted by molar-refractivity contribution is -0.197. The number of nitrogens with one attached hydrogen (secondary N) is 16.